The molecule has 9 nitrogen and oxygen atoms in total. The molecule has 12 heteroatoms. The second kappa shape index (κ2) is 14.5. The minimum atomic E-state index is -3.37. The second-order valence-corrected chi connectivity index (χ2v) is 18.9. The minimum absolute atomic E-state index is 0.110. The summed E-state index contributed by atoms with van der Waals surface area (Å²) in [5.74, 6) is -1.16. The fourth-order valence-electron chi connectivity index (χ4n) is 8.01. The Morgan fingerprint density at radius 2 is 1.73 bits per heavy atom. The van der Waals surface area contributed by atoms with E-state index in [1.807, 2.05) is 104 Å². The van der Waals surface area contributed by atoms with Gasteiger partial charge in [-0.3, -0.25) is 14.3 Å². The Morgan fingerprint density at radius 1 is 1.04 bits per heavy atom. The molecular weight excluding hydrogens is 741 g/mol. The molecule has 3 heterocycles. The van der Waals surface area contributed by atoms with Crippen LogP contribution in [0.1, 0.15) is 52.0 Å². The van der Waals surface area contributed by atoms with Crippen LogP contribution in [0.3, 0.4) is 0 Å². The third kappa shape index (κ3) is 6.76. The van der Waals surface area contributed by atoms with Crippen LogP contribution < -0.4 is 10.2 Å². The molecule has 268 valence electrons. The lowest BCUT2D eigenvalue weighted by molar-refractivity contribution is -0.146. The molecule has 2 aliphatic heterocycles. The van der Waals surface area contributed by atoms with Gasteiger partial charge in [0.2, 0.25) is 8.41 Å². The van der Waals surface area contributed by atoms with E-state index >= 15 is 4.11 Å². The number of ether oxygens (including phenoxy) is 1. The number of hydrogen-bond donors (Lipinski definition) is 2. The number of aryl methyl sites for hydroxylation is 1. The highest BCUT2D eigenvalue weighted by Gasteiger charge is 2.66. The SMILES string of the molecule is C[C@@H]1[C@@H]([Si](C)(C)F)[C@H](CCn2cc(C(CO)c3ccccc3)nn2)O[C@@]12C(=O)N(Cc1ccc(NC(=O)c3ccccc3)cc1)c1ccc(Br)cc12. The highest BCUT2D eigenvalue weighted by Crippen LogP contribution is 2.60. The van der Waals surface area contributed by atoms with Crippen LogP contribution in [0, 0.1) is 5.92 Å². The molecule has 0 radical (unpaired) electrons. The molecule has 0 aliphatic carbocycles. The molecule has 2 aliphatic rings. The molecular formula is C40H41BrFN5O4Si. The lowest BCUT2D eigenvalue weighted by Gasteiger charge is -2.31. The summed E-state index contributed by atoms with van der Waals surface area (Å²) in [7, 11) is -3.37. The second-order valence-electron chi connectivity index (χ2n) is 14.2. The molecule has 1 fully saturated rings. The number of carbonyl (C=O) groups is 2. The normalized spacial score (nSPS) is 21.8. The van der Waals surface area contributed by atoms with Crippen LogP contribution >= 0.6 is 15.9 Å². The minimum Gasteiger partial charge on any atom is -0.395 e. The summed E-state index contributed by atoms with van der Waals surface area (Å²) in [6, 6.07) is 31.9. The molecule has 7 rings (SSSR count). The number of aliphatic hydroxyl groups is 1. The topological polar surface area (TPSA) is 110 Å². The van der Waals surface area contributed by atoms with Gasteiger partial charge in [0, 0.05) is 45.5 Å². The Hall–Kier alpha value is -4.49. The maximum atomic E-state index is 16.4. The van der Waals surface area contributed by atoms with Crippen molar-refractivity contribution in [1.82, 2.24) is 15.0 Å². The Labute approximate surface area is 312 Å². The van der Waals surface area contributed by atoms with Crippen LogP contribution in [0.5, 0.6) is 0 Å². The first kappa shape index (κ1) is 35.9. The highest BCUT2D eigenvalue weighted by molar-refractivity contribution is 9.10. The summed E-state index contributed by atoms with van der Waals surface area (Å²) < 4.78 is 25.8. The molecule has 5 aromatic rings. The van der Waals surface area contributed by atoms with Crippen molar-refractivity contribution in [2.75, 3.05) is 16.8 Å². The predicted molar refractivity (Wildman–Crippen MR) is 204 cm³/mol. The van der Waals surface area contributed by atoms with Crippen LogP contribution in [0.4, 0.5) is 15.5 Å². The number of hydrogen-bond acceptors (Lipinski definition) is 6. The number of rotatable bonds is 11. The molecule has 1 spiro atoms. The maximum Gasteiger partial charge on any atom is 0.264 e. The fourth-order valence-corrected chi connectivity index (χ4v) is 10.9. The Bertz CT molecular complexity index is 2060. The Kier molecular flexibility index (Phi) is 10.0. The smallest absolute Gasteiger partial charge is 0.264 e. The third-order valence-corrected chi connectivity index (χ3v) is 13.4. The van der Waals surface area contributed by atoms with Crippen molar-refractivity contribution >= 4 is 47.5 Å². The van der Waals surface area contributed by atoms with Crippen molar-refractivity contribution in [3.63, 3.8) is 0 Å². The number of amides is 2. The molecule has 2 N–H and O–H groups in total. The van der Waals surface area contributed by atoms with Crippen LogP contribution in [-0.2, 0) is 28.2 Å². The number of halogens is 2. The maximum absolute atomic E-state index is 16.4. The lowest BCUT2D eigenvalue weighted by Crippen LogP contribution is -2.45. The van der Waals surface area contributed by atoms with Gasteiger partial charge in [0.25, 0.3) is 11.8 Å². The summed E-state index contributed by atoms with van der Waals surface area (Å²) in [5.41, 5.74) is 3.30. The summed E-state index contributed by atoms with van der Waals surface area (Å²) in [6.07, 6.45) is 1.71. The van der Waals surface area contributed by atoms with E-state index in [0.717, 1.165) is 26.9 Å². The van der Waals surface area contributed by atoms with E-state index in [2.05, 4.69) is 31.6 Å². The first-order valence-electron chi connectivity index (χ1n) is 17.5. The van der Waals surface area contributed by atoms with E-state index in [-0.39, 0.29) is 30.9 Å². The molecule has 2 amide bonds. The van der Waals surface area contributed by atoms with Crippen LogP contribution in [0.15, 0.2) is 114 Å². The van der Waals surface area contributed by atoms with Crippen molar-refractivity contribution in [2.24, 2.45) is 5.92 Å². The molecule has 1 aromatic heterocycles. The van der Waals surface area contributed by atoms with Gasteiger partial charge in [0.05, 0.1) is 36.6 Å². The average Bonchev–Trinajstić information content (AvgIpc) is 3.79. The highest BCUT2D eigenvalue weighted by atomic mass is 79.9. The van der Waals surface area contributed by atoms with E-state index in [1.54, 1.807) is 34.8 Å². The zero-order chi connectivity index (χ0) is 36.6. The monoisotopic (exact) mass is 781 g/mol. The number of nitrogens with zero attached hydrogens (tertiary/aromatic N) is 4. The number of benzene rings is 4. The van der Waals surface area contributed by atoms with Gasteiger partial charge in [-0.1, -0.05) is 88.7 Å². The predicted octanol–water partition coefficient (Wildman–Crippen LogP) is 7.83. The van der Waals surface area contributed by atoms with Crippen molar-refractivity contribution < 1.29 is 23.5 Å². The van der Waals surface area contributed by atoms with E-state index in [1.165, 1.54) is 0 Å². The largest absolute Gasteiger partial charge is 0.395 e. The first-order chi connectivity index (χ1) is 25.0. The molecule has 52 heavy (non-hydrogen) atoms. The first-order valence-corrected chi connectivity index (χ1v) is 21.2. The number of fused-ring (bicyclic) bond motifs is 2. The van der Waals surface area contributed by atoms with Gasteiger partial charge in [-0.15, -0.1) is 5.10 Å². The number of carbonyl (C=O) groups excluding carboxylic acids is 2. The van der Waals surface area contributed by atoms with Gasteiger partial charge in [0.1, 0.15) is 0 Å². The Morgan fingerprint density at radius 3 is 2.40 bits per heavy atom. The lowest BCUT2D eigenvalue weighted by atomic mass is 9.82. The third-order valence-electron chi connectivity index (χ3n) is 10.5. The van der Waals surface area contributed by atoms with Gasteiger partial charge in [-0.25, -0.2) is 0 Å². The van der Waals surface area contributed by atoms with Crippen LogP contribution in [0.2, 0.25) is 18.6 Å². The van der Waals surface area contributed by atoms with Gasteiger partial charge >= 0.3 is 0 Å². The number of aromatic nitrogens is 3. The van der Waals surface area contributed by atoms with E-state index in [9.17, 15) is 14.7 Å². The Balaban J connectivity index is 1.13. The summed E-state index contributed by atoms with van der Waals surface area (Å²) in [5, 5.41) is 21.8. The van der Waals surface area contributed by atoms with Gasteiger partial charge in [-0.2, -0.15) is 0 Å². The van der Waals surface area contributed by atoms with Crippen LogP contribution in [-0.4, -0.2) is 53.0 Å². The molecule has 4 aromatic carbocycles. The fraction of sp³-hybridized carbons (Fsp3) is 0.300. The van der Waals surface area contributed by atoms with Gasteiger partial charge < -0.3 is 24.2 Å². The van der Waals surface area contributed by atoms with Crippen molar-refractivity contribution in [1.29, 1.82) is 0 Å². The molecule has 0 bridgehead atoms. The summed E-state index contributed by atoms with van der Waals surface area (Å²) >= 11 is 3.61. The van der Waals surface area contributed by atoms with E-state index in [4.69, 9.17) is 4.74 Å². The molecule has 0 saturated carbocycles. The summed E-state index contributed by atoms with van der Waals surface area (Å²) in [6.45, 7) is 5.92. The van der Waals surface area contributed by atoms with E-state index < -0.39 is 31.6 Å². The van der Waals surface area contributed by atoms with Crippen LogP contribution in [0.25, 0.3) is 0 Å². The van der Waals surface area contributed by atoms with Crippen molar-refractivity contribution in [2.45, 2.75) is 62.7 Å². The standard InChI is InChI=1S/C40H41BrFN5O4Si/c1-26-37(52(2,3)42)36(20-21-46-24-34(44-45-46)32(25-48)28-10-6-4-7-11-28)51-40(26)33-22-30(41)16-19-35(33)47(39(40)50)23-27-14-17-31(18-15-27)43-38(49)29-12-8-5-9-13-29/h4-19,22,24,26,32,36-37,48H,20-21,23,25H2,1-3H3,(H,43,49)/t26-,32?,36+,37-,40+/m1/s1. The van der Waals surface area contributed by atoms with E-state index in [0.29, 0.717) is 29.9 Å². The number of aliphatic hydroxyl groups excluding tert-OH is 1. The van der Waals surface area contributed by atoms with Gasteiger partial charge in [-0.05, 0) is 73.1 Å². The van der Waals surface area contributed by atoms with Crippen molar-refractivity contribution in [3.05, 3.63) is 142 Å². The number of anilines is 2. The average molecular weight is 783 g/mol. The molecule has 5 atom stereocenters. The molecule has 1 unspecified atom stereocenters. The summed E-state index contributed by atoms with van der Waals surface area (Å²) in [4.78, 5) is 29.2. The zero-order valence-electron chi connectivity index (χ0n) is 29.2. The number of nitrogens with one attached hydrogen (secondary N) is 1. The quantitative estimate of drug-likeness (QED) is 0.105. The zero-order valence-corrected chi connectivity index (χ0v) is 31.8. The van der Waals surface area contributed by atoms with Gasteiger partial charge in [0.15, 0.2) is 5.60 Å². The molecule has 1 saturated heterocycles. The van der Waals surface area contributed by atoms with Crippen molar-refractivity contribution in [3.8, 4) is 0 Å².